The second-order valence-corrected chi connectivity index (χ2v) is 3.87. The highest BCUT2D eigenvalue weighted by molar-refractivity contribution is 6.29. The molecule has 1 fully saturated rings. The van der Waals surface area contributed by atoms with E-state index in [9.17, 15) is 0 Å². The lowest BCUT2D eigenvalue weighted by Gasteiger charge is -2.16. The van der Waals surface area contributed by atoms with Crippen LogP contribution in [0.2, 0.25) is 5.15 Å². The van der Waals surface area contributed by atoms with E-state index < -0.39 is 0 Å². The summed E-state index contributed by atoms with van der Waals surface area (Å²) in [4.78, 5) is 4.01. The van der Waals surface area contributed by atoms with Gasteiger partial charge in [0.15, 0.2) is 0 Å². The number of hydrogen-bond donors (Lipinski definition) is 1. The second kappa shape index (κ2) is 4.15. The minimum atomic E-state index is 0.269. The quantitative estimate of drug-likeness (QED) is 0.765. The third-order valence-corrected chi connectivity index (χ3v) is 2.68. The van der Waals surface area contributed by atoms with Crippen LogP contribution in [0.15, 0.2) is 18.3 Å². The SMILES string of the molecule is C[C@@H]1OCC[C@@H]1Nc1ccc(Cl)nc1. The van der Waals surface area contributed by atoms with Crippen LogP contribution >= 0.6 is 11.6 Å². The first-order valence-corrected chi connectivity index (χ1v) is 5.13. The number of hydrogen-bond acceptors (Lipinski definition) is 3. The van der Waals surface area contributed by atoms with Gasteiger partial charge in [0.1, 0.15) is 5.15 Å². The van der Waals surface area contributed by atoms with Crippen molar-refractivity contribution in [2.75, 3.05) is 11.9 Å². The highest BCUT2D eigenvalue weighted by Gasteiger charge is 2.23. The van der Waals surface area contributed by atoms with Crippen LogP contribution in [0.4, 0.5) is 5.69 Å². The van der Waals surface area contributed by atoms with E-state index in [1.807, 2.05) is 6.07 Å². The highest BCUT2D eigenvalue weighted by atomic mass is 35.5. The van der Waals surface area contributed by atoms with Gasteiger partial charge in [0, 0.05) is 6.61 Å². The van der Waals surface area contributed by atoms with Crippen molar-refractivity contribution in [1.29, 1.82) is 0 Å². The molecule has 1 aliphatic heterocycles. The Morgan fingerprint density at radius 1 is 1.57 bits per heavy atom. The summed E-state index contributed by atoms with van der Waals surface area (Å²) >= 11 is 5.69. The lowest BCUT2D eigenvalue weighted by Crippen LogP contribution is -2.26. The topological polar surface area (TPSA) is 34.1 Å². The first kappa shape index (κ1) is 9.74. The van der Waals surface area contributed by atoms with Gasteiger partial charge < -0.3 is 10.1 Å². The predicted octanol–water partition coefficient (Wildman–Crippen LogP) is 2.32. The molecule has 0 bridgehead atoms. The van der Waals surface area contributed by atoms with Crippen LogP contribution in [0.3, 0.4) is 0 Å². The Hall–Kier alpha value is -0.800. The molecule has 1 aromatic heterocycles. The molecule has 0 aromatic carbocycles. The Labute approximate surface area is 88.4 Å². The van der Waals surface area contributed by atoms with Crippen molar-refractivity contribution in [3.05, 3.63) is 23.5 Å². The van der Waals surface area contributed by atoms with Crippen LogP contribution in [0.5, 0.6) is 0 Å². The van der Waals surface area contributed by atoms with Crippen LogP contribution < -0.4 is 5.32 Å². The van der Waals surface area contributed by atoms with Crippen molar-refractivity contribution in [3.63, 3.8) is 0 Å². The molecule has 1 aliphatic rings. The molecule has 3 nitrogen and oxygen atoms in total. The number of anilines is 1. The summed E-state index contributed by atoms with van der Waals surface area (Å²) in [7, 11) is 0. The van der Waals surface area contributed by atoms with Gasteiger partial charge in [-0.05, 0) is 25.5 Å². The zero-order valence-corrected chi connectivity index (χ0v) is 8.79. The Bertz CT molecular complexity index is 301. The van der Waals surface area contributed by atoms with E-state index in [4.69, 9.17) is 16.3 Å². The summed E-state index contributed by atoms with van der Waals surface area (Å²) in [5, 5.41) is 3.89. The summed E-state index contributed by atoms with van der Waals surface area (Å²) in [6, 6.07) is 4.10. The fraction of sp³-hybridized carbons (Fsp3) is 0.500. The van der Waals surface area contributed by atoms with Crippen LogP contribution in [0.25, 0.3) is 0 Å². The molecule has 0 unspecified atom stereocenters. The second-order valence-electron chi connectivity index (χ2n) is 3.49. The number of rotatable bonds is 2. The Morgan fingerprint density at radius 3 is 3.00 bits per heavy atom. The molecule has 0 radical (unpaired) electrons. The zero-order chi connectivity index (χ0) is 9.97. The van der Waals surface area contributed by atoms with Crippen LogP contribution in [-0.4, -0.2) is 23.7 Å². The molecule has 0 amide bonds. The summed E-state index contributed by atoms with van der Waals surface area (Å²) < 4.78 is 5.45. The fourth-order valence-electron chi connectivity index (χ4n) is 1.60. The van der Waals surface area contributed by atoms with Crippen molar-refractivity contribution in [2.24, 2.45) is 0 Å². The minimum Gasteiger partial charge on any atom is -0.378 e. The molecule has 2 atom stereocenters. The molecule has 0 spiro atoms. The van der Waals surface area contributed by atoms with Gasteiger partial charge in [-0.25, -0.2) is 4.98 Å². The maximum atomic E-state index is 5.69. The van der Waals surface area contributed by atoms with E-state index in [1.54, 1.807) is 12.3 Å². The van der Waals surface area contributed by atoms with Gasteiger partial charge in [-0.3, -0.25) is 0 Å². The number of halogens is 1. The summed E-state index contributed by atoms with van der Waals surface area (Å²) in [5.41, 5.74) is 0.997. The van der Waals surface area contributed by atoms with Gasteiger partial charge in [0.25, 0.3) is 0 Å². The Kier molecular flexibility index (Phi) is 2.89. The number of ether oxygens (including phenoxy) is 1. The Balaban J connectivity index is 2.00. The zero-order valence-electron chi connectivity index (χ0n) is 8.03. The van der Waals surface area contributed by atoms with Crippen molar-refractivity contribution in [1.82, 2.24) is 4.98 Å². The maximum absolute atomic E-state index is 5.69. The number of aromatic nitrogens is 1. The largest absolute Gasteiger partial charge is 0.378 e. The van der Waals surface area contributed by atoms with Crippen molar-refractivity contribution in [3.8, 4) is 0 Å². The molecule has 1 saturated heterocycles. The lowest BCUT2D eigenvalue weighted by molar-refractivity contribution is 0.121. The van der Waals surface area contributed by atoms with E-state index in [1.165, 1.54) is 0 Å². The smallest absolute Gasteiger partial charge is 0.129 e. The Morgan fingerprint density at radius 2 is 2.43 bits per heavy atom. The van der Waals surface area contributed by atoms with Gasteiger partial charge in [-0.2, -0.15) is 0 Å². The normalized spacial score (nSPS) is 26.4. The summed E-state index contributed by atoms with van der Waals surface area (Å²) in [5.74, 6) is 0. The summed E-state index contributed by atoms with van der Waals surface area (Å²) in [6.45, 7) is 2.91. The third-order valence-electron chi connectivity index (χ3n) is 2.46. The maximum Gasteiger partial charge on any atom is 0.129 e. The average Bonchev–Trinajstić information content (AvgIpc) is 2.56. The van der Waals surface area contributed by atoms with Crippen molar-refractivity contribution >= 4 is 17.3 Å². The number of nitrogens with one attached hydrogen (secondary N) is 1. The van der Waals surface area contributed by atoms with Gasteiger partial charge in [-0.15, -0.1) is 0 Å². The molecule has 14 heavy (non-hydrogen) atoms. The lowest BCUT2D eigenvalue weighted by atomic mass is 10.1. The van der Waals surface area contributed by atoms with Crippen molar-refractivity contribution < 1.29 is 4.74 Å². The van der Waals surface area contributed by atoms with Gasteiger partial charge in [0.05, 0.1) is 24.0 Å². The molecule has 76 valence electrons. The third kappa shape index (κ3) is 2.16. The molecule has 1 aromatic rings. The van der Waals surface area contributed by atoms with Crippen LogP contribution in [0.1, 0.15) is 13.3 Å². The number of pyridine rings is 1. The molecular weight excluding hydrogens is 200 g/mol. The van der Waals surface area contributed by atoms with E-state index in [-0.39, 0.29) is 6.10 Å². The molecular formula is C10H13ClN2O. The first-order valence-electron chi connectivity index (χ1n) is 4.75. The van der Waals surface area contributed by atoms with Crippen molar-refractivity contribution in [2.45, 2.75) is 25.5 Å². The van der Waals surface area contributed by atoms with E-state index in [0.717, 1.165) is 18.7 Å². The van der Waals surface area contributed by atoms with E-state index in [2.05, 4.69) is 17.2 Å². The van der Waals surface area contributed by atoms with Gasteiger partial charge in [-0.1, -0.05) is 11.6 Å². The first-order chi connectivity index (χ1) is 6.75. The molecule has 2 heterocycles. The fourth-order valence-corrected chi connectivity index (χ4v) is 1.71. The predicted molar refractivity (Wildman–Crippen MR) is 56.7 cm³/mol. The standard InChI is InChI=1S/C10H13ClN2O/c1-7-9(4-5-14-7)13-8-2-3-10(11)12-6-8/h2-3,6-7,9,13H,4-5H2,1H3/t7-,9-/m0/s1. The molecule has 4 heteroatoms. The van der Waals surface area contributed by atoms with E-state index >= 15 is 0 Å². The highest BCUT2D eigenvalue weighted by Crippen LogP contribution is 2.18. The van der Waals surface area contributed by atoms with Crippen LogP contribution in [-0.2, 0) is 4.74 Å². The molecule has 2 rings (SSSR count). The van der Waals surface area contributed by atoms with Gasteiger partial charge >= 0.3 is 0 Å². The van der Waals surface area contributed by atoms with E-state index in [0.29, 0.717) is 11.2 Å². The minimum absolute atomic E-state index is 0.269. The average molecular weight is 213 g/mol. The molecule has 0 aliphatic carbocycles. The molecule has 0 saturated carbocycles. The molecule has 1 N–H and O–H groups in total. The summed E-state index contributed by atoms with van der Waals surface area (Å²) in [6.07, 6.45) is 3.06. The van der Waals surface area contributed by atoms with Gasteiger partial charge in [0.2, 0.25) is 0 Å². The monoisotopic (exact) mass is 212 g/mol. The van der Waals surface area contributed by atoms with Crippen LogP contribution in [0, 0.1) is 0 Å². The number of nitrogens with zero attached hydrogens (tertiary/aromatic N) is 1.